The molecule has 14 heavy (non-hydrogen) atoms. The van der Waals surface area contributed by atoms with E-state index in [9.17, 15) is 0 Å². The zero-order valence-corrected chi connectivity index (χ0v) is 9.86. The molecule has 0 spiro atoms. The van der Waals surface area contributed by atoms with E-state index in [1.165, 1.54) is 11.1 Å². The summed E-state index contributed by atoms with van der Waals surface area (Å²) in [6.45, 7) is 8.43. The maximum absolute atomic E-state index is 6.03. The standard InChI is InChI=1S/C12H18ClN/c1-9(2)7-14-8-11-5-4-6-12(13)10(11)3/h4-6,9,14H,7-8H2,1-3H3. The van der Waals surface area contributed by atoms with E-state index in [2.05, 4.69) is 32.2 Å². The zero-order valence-electron chi connectivity index (χ0n) is 9.10. The molecule has 1 nitrogen and oxygen atoms in total. The molecule has 0 fully saturated rings. The quantitative estimate of drug-likeness (QED) is 0.805. The second kappa shape index (κ2) is 5.38. The number of hydrogen-bond acceptors (Lipinski definition) is 1. The van der Waals surface area contributed by atoms with Gasteiger partial charge in [-0.3, -0.25) is 0 Å². The number of nitrogens with one attached hydrogen (secondary N) is 1. The van der Waals surface area contributed by atoms with Crippen molar-refractivity contribution >= 4 is 11.6 Å². The summed E-state index contributed by atoms with van der Waals surface area (Å²) < 4.78 is 0. The fraction of sp³-hybridized carbons (Fsp3) is 0.500. The van der Waals surface area contributed by atoms with Gasteiger partial charge in [-0.1, -0.05) is 37.6 Å². The topological polar surface area (TPSA) is 12.0 Å². The lowest BCUT2D eigenvalue weighted by Gasteiger charge is -2.10. The summed E-state index contributed by atoms with van der Waals surface area (Å²) in [5.41, 5.74) is 2.48. The third kappa shape index (κ3) is 3.32. The molecule has 1 rings (SSSR count). The minimum absolute atomic E-state index is 0.689. The molecule has 0 amide bonds. The van der Waals surface area contributed by atoms with Crippen LogP contribution in [0.15, 0.2) is 18.2 Å². The van der Waals surface area contributed by atoms with Crippen LogP contribution in [0.4, 0.5) is 0 Å². The number of benzene rings is 1. The van der Waals surface area contributed by atoms with Crippen LogP contribution in [-0.2, 0) is 6.54 Å². The van der Waals surface area contributed by atoms with Crippen LogP contribution in [0.1, 0.15) is 25.0 Å². The van der Waals surface area contributed by atoms with Crippen molar-refractivity contribution in [3.63, 3.8) is 0 Å². The molecule has 2 heteroatoms. The van der Waals surface area contributed by atoms with Gasteiger partial charge in [0.15, 0.2) is 0 Å². The molecule has 1 aromatic rings. The Kier molecular flexibility index (Phi) is 4.43. The Hall–Kier alpha value is -0.530. The highest BCUT2D eigenvalue weighted by molar-refractivity contribution is 6.31. The van der Waals surface area contributed by atoms with Crippen LogP contribution in [0.5, 0.6) is 0 Å². The maximum atomic E-state index is 6.03. The van der Waals surface area contributed by atoms with Crippen molar-refractivity contribution in [1.82, 2.24) is 5.32 Å². The first kappa shape index (κ1) is 11.5. The SMILES string of the molecule is Cc1c(Cl)cccc1CNCC(C)C. The van der Waals surface area contributed by atoms with Gasteiger partial charge in [-0.25, -0.2) is 0 Å². The molecule has 0 aromatic heterocycles. The van der Waals surface area contributed by atoms with Gasteiger partial charge in [-0.15, -0.1) is 0 Å². The summed E-state index contributed by atoms with van der Waals surface area (Å²) >= 11 is 6.03. The third-order valence-electron chi connectivity index (χ3n) is 2.25. The van der Waals surface area contributed by atoms with E-state index in [0.717, 1.165) is 18.1 Å². The van der Waals surface area contributed by atoms with Crippen molar-refractivity contribution in [2.45, 2.75) is 27.3 Å². The summed E-state index contributed by atoms with van der Waals surface area (Å²) in [6.07, 6.45) is 0. The molecule has 0 saturated carbocycles. The van der Waals surface area contributed by atoms with Gasteiger partial charge in [-0.05, 0) is 36.6 Å². The summed E-state index contributed by atoms with van der Waals surface area (Å²) in [6, 6.07) is 6.05. The van der Waals surface area contributed by atoms with E-state index in [0.29, 0.717) is 5.92 Å². The van der Waals surface area contributed by atoms with Gasteiger partial charge < -0.3 is 5.32 Å². The highest BCUT2D eigenvalue weighted by Gasteiger charge is 2.01. The Labute approximate surface area is 91.5 Å². The van der Waals surface area contributed by atoms with Crippen molar-refractivity contribution in [1.29, 1.82) is 0 Å². The van der Waals surface area contributed by atoms with Gasteiger partial charge in [0.05, 0.1) is 0 Å². The molecule has 78 valence electrons. The summed E-state index contributed by atoms with van der Waals surface area (Å²) in [7, 11) is 0. The minimum Gasteiger partial charge on any atom is -0.312 e. The first-order chi connectivity index (χ1) is 6.61. The van der Waals surface area contributed by atoms with Crippen LogP contribution in [0, 0.1) is 12.8 Å². The predicted octanol–water partition coefficient (Wildman–Crippen LogP) is 3.39. The monoisotopic (exact) mass is 211 g/mol. The Bertz CT molecular complexity index is 294. The fourth-order valence-electron chi connectivity index (χ4n) is 1.34. The van der Waals surface area contributed by atoms with Crippen LogP contribution in [0.3, 0.4) is 0 Å². The predicted molar refractivity (Wildman–Crippen MR) is 62.7 cm³/mol. The molecule has 0 heterocycles. The van der Waals surface area contributed by atoms with E-state index in [1.807, 2.05) is 12.1 Å². The second-order valence-corrected chi connectivity index (χ2v) is 4.46. The van der Waals surface area contributed by atoms with E-state index in [4.69, 9.17) is 11.6 Å². The van der Waals surface area contributed by atoms with Crippen LogP contribution >= 0.6 is 11.6 Å². The molecule has 0 bridgehead atoms. The van der Waals surface area contributed by atoms with Gasteiger partial charge in [0, 0.05) is 11.6 Å². The molecule has 1 N–H and O–H groups in total. The van der Waals surface area contributed by atoms with E-state index >= 15 is 0 Å². The number of halogens is 1. The highest BCUT2D eigenvalue weighted by atomic mass is 35.5. The number of hydrogen-bond donors (Lipinski definition) is 1. The molecule has 0 atom stereocenters. The Morgan fingerprint density at radius 3 is 2.71 bits per heavy atom. The van der Waals surface area contributed by atoms with Gasteiger partial charge in [0.25, 0.3) is 0 Å². The molecule has 0 saturated heterocycles. The zero-order chi connectivity index (χ0) is 10.6. The molecule has 1 aromatic carbocycles. The molecule has 0 aliphatic rings. The van der Waals surface area contributed by atoms with E-state index < -0.39 is 0 Å². The van der Waals surface area contributed by atoms with Crippen LogP contribution < -0.4 is 5.32 Å². The van der Waals surface area contributed by atoms with Crippen LogP contribution in [0.25, 0.3) is 0 Å². The molecule has 0 aliphatic carbocycles. The van der Waals surface area contributed by atoms with E-state index in [-0.39, 0.29) is 0 Å². The largest absolute Gasteiger partial charge is 0.312 e. The summed E-state index contributed by atoms with van der Waals surface area (Å²) in [5, 5.41) is 4.27. The molecule has 0 aliphatic heterocycles. The summed E-state index contributed by atoms with van der Waals surface area (Å²) in [4.78, 5) is 0. The molecule has 0 radical (unpaired) electrons. The van der Waals surface area contributed by atoms with Gasteiger partial charge in [-0.2, -0.15) is 0 Å². The Morgan fingerprint density at radius 1 is 1.36 bits per heavy atom. The highest BCUT2D eigenvalue weighted by Crippen LogP contribution is 2.18. The first-order valence-corrected chi connectivity index (χ1v) is 5.43. The van der Waals surface area contributed by atoms with Crippen molar-refractivity contribution in [3.8, 4) is 0 Å². The van der Waals surface area contributed by atoms with Crippen LogP contribution in [0.2, 0.25) is 5.02 Å². The normalized spacial score (nSPS) is 10.9. The average molecular weight is 212 g/mol. The average Bonchev–Trinajstić information content (AvgIpc) is 2.12. The molecular formula is C12H18ClN. The van der Waals surface area contributed by atoms with Crippen molar-refractivity contribution in [3.05, 3.63) is 34.3 Å². The van der Waals surface area contributed by atoms with E-state index in [1.54, 1.807) is 0 Å². The molecule has 0 unspecified atom stereocenters. The van der Waals surface area contributed by atoms with Crippen molar-refractivity contribution in [2.75, 3.05) is 6.54 Å². The van der Waals surface area contributed by atoms with Crippen LogP contribution in [-0.4, -0.2) is 6.54 Å². The van der Waals surface area contributed by atoms with Crippen molar-refractivity contribution in [2.24, 2.45) is 5.92 Å². The number of rotatable bonds is 4. The minimum atomic E-state index is 0.689. The smallest absolute Gasteiger partial charge is 0.0438 e. The third-order valence-corrected chi connectivity index (χ3v) is 2.66. The van der Waals surface area contributed by atoms with Crippen molar-refractivity contribution < 1.29 is 0 Å². The lowest BCUT2D eigenvalue weighted by atomic mass is 10.1. The summed E-state index contributed by atoms with van der Waals surface area (Å²) in [5.74, 6) is 0.689. The first-order valence-electron chi connectivity index (χ1n) is 5.06. The molecular weight excluding hydrogens is 194 g/mol. The maximum Gasteiger partial charge on any atom is 0.0438 e. The Balaban J connectivity index is 2.54. The lowest BCUT2D eigenvalue weighted by molar-refractivity contribution is 0.551. The second-order valence-electron chi connectivity index (χ2n) is 4.05. The fourth-order valence-corrected chi connectivity index (χ4v) is 1.53. The van der Waals surface area contributed by atoms with Gasteiger partial charge in [0.1, 0.15) is 0 Å². The van der Waals surface area contributed by atoms with Gasteiger partial charge in [0.2, 0.25) is 0 Å². The Morgan fingerprint density at radius 2 is 2.07 bits per heavy atom. The van der Waals surface area contributed by atoms with Gasteiger partial charge >= 0.3 is 0 Å². The lowest BCUT2D eigenvalue weighted by Crippen LogP contribution is -2.19.